The molecule has 118 valence electrons. The largest absolute Gasteiger partial charge is 0.330 e. The van der Waals surface area contributed by atoms with Crippen molar-refractivity contribution in [3.8, 4) is 0 Å². The van der Waals surface area contributed by atoms with E-state index >= 15 is 0 Å². The maximum Gasteiger partial charge on any atom is 0.224 e. The number of rotatable bonds is 4. The Labute approximate surface area is 131 Å². The zero-order chi connectivity index (χ0) is 14.6. The lowest BCUT2D eigenvalue weighted by molar-refractivity contribution is -0.118. The van der Waals surface area contributed by atoms with Crippen molar-refractivity contribution < 1.29 is 9.18 Å². The molecule has 0 atom stereocenters. The first-order chi connectivity index (χ1) is 9.53. The molecular weight excluding hydrogens is 291 g/mol. The van der Waals surface area contributed by atoms with Crippen LogP contribution >= 0.6 is 12.4 Å². The third-order valence-corrected chi connectivity index (χ3v) is 4.21. The number of hydrogen-bond donors (Lipinski definition) is 2. The number of anilines is 1. The van der Waals surface area contributed by atoms with Crippen LogP contribution in [0.15, 0.2) is 18.2 Å². The number of benzene rings is 1. The van der Waals surface area contributed by atoms with Gasteiger partial charge >= 0.3 is 0 Å². The van der Waals surface area contributed by atoms with Crippen molar-refractivity contribution in [3.63, 3.8) is 0 Å². The van der Waals surface area contributed by atoms with E-state index in [0.717, 1.165) is 31.2 Å². The summed E-state index contributed by atoms with van der Waals surface area (Å²) in [5, 5.41) is 2.80. The zero-order valence-corrected chi connectivity index (χ0v) is 13.3. The van der Waals surface area contributed by atoms with E-state index in [9.17, 15) is 9.18 Å². The van der Waals surface area contributed by atoms with Gasteiger partial charge in [-0.1, -0.05) is 19.3 Å². The number of hydrogen-bond acceptors (Lipinski definition) is 2. The Kier molecular flexibility index (Phi) is 6.62. The molecule has 1 aliphatic carbocycles. The fourth-order valence-corrected chi connectivity index (χ4v) is 3.11. The number of halogens is 2. The van der Waals surface area contributed by atoms with Gasteiger partial charge in [-0.25, -0.2) is 4.39 Å². The van der Waals surface area contributed by atoms with Crippen molar-refractivity contribution in [2.45, 2.75) is 45.4 Å². The molecule has 0 spiro atoms. The minimum Gasteiger partial charge on any atom is -0.330 e. The molecule has 1 aliphatic rings. The summed E-state index contributed by atoms with van der Waals surface area (Å²) in [4.78, 5) is 12.2. The van der Waals surface area contributed by atoms with E-state index in [0.29, 0.717) is 18.7 Å². The third kappa shape index (κ3) is 4.97. The van der Waals surface area contributed by atoms with Crippen LogP contribution in [0.5, 0.6) is 0 Å². The first-order valence-corrected chi connectivity index (χ1v) is 7.30. The summed E-state index contributed by atoms with van der Waals surface area (Å²) < 4.78 is 13.3. The first kappa shape index (κ1) is 17.9. The smallest absolute Gasteiger partial charge is 0.224 e. The van der Waals surface area contributed by atoms with E-state index in [2.05, 4.69) is 5.32 Å². The van der Waals surface area contributed by atoms with Crippen molar-refractivity contribution in [1.29, 1.82) is 0 Å². The van der Waals surface area contributed by atoms with Crippen LogP contribution in [0.3, 0.4) is 0 Å². The fraction of sp³-hybridized carbons (Fsp3) is 0.562. The molecule has 3 N–H and O–H groups in total. The Bertz CT molecular complexity index is 467. The Hall–Kier alpha value is -1.13. The molecule has 0 unspecified atom stereocenters. The third-order valence-electron chi connectivity index (χ3n) is 4.21. The normalized spacial score (nSPS) is 16.9. The van der Waals surface area contributed by atoms with Crippen molar-refractivity contribution >= 4 is 24.0 Å². The van der Waals surface area contributed by atoms with E-state index in [1.165, 1.54) is 18.6 Å². The van der Waals surface area contributed by atoms with Gasteiger partial charge in [0, 0.05) is 12.1 Å². The molecular formula is C16H24ClFN2O. The predicted octanol–water partition coefficient (Wildman–Crippen LogP) is 3.79. The van der Waals surface area contributed by atoms with Crippen LogP contribution in [-0.4, -0.2) is 12.5 Å². The molecule has 1 aromatic carbocycles. The van der Waals surface area contributed by atoms with Crippen LogP contribution < -0.4 is 11.1 Å². The number of aryl methyl sites for hydroxylation is 1. The molecule has 2 rings (SSSR count). The van der Waals surface area contributed by atoms with Gasteiger partial charge in [-0.15, -0.1) is 12.4 Å². The van der Waals surface area contributed by atoms with Crippen LogP contribution in [0.2, 0.25) is 0 Å². The molecule has 5 heteroatoms. The van der Waals surface area contributed by atoms with Crippen molar-refractivity contribution in [1.82, 2.24) is 0 Å². The van der Waals surface area contributed by atoms with E-state index < -0.39 is 0 Å². The molecule has 0 radical (unpaired) electrons. The van der Waals surface area contributed by atoms with Gasteiger partial charge in [0.2, 0.25) is 5.91 Å². The van der Waals surface area contributed by atoms with Gasteiger partial charge in [-0.2, -0.15) is 0 Å². The van der Waals surface area contributed by atoms with E-state index in [4.69, 9.17) is 5.73 Å². The first-order valence-electron chi connectivity index (χ1n) is 7.30. The van der Waals surface area contributed by atoms with Gasteiger partial charge in [0.25, 0.3) is 0 Å². The highest BCUT2D eigenvalue weighted by atomic mass is 35.5. The van der Waals surface area contributed by atoms with Crippen LogP contribution in [0.25, 0.3) is 0 Å². The van der Waals surface area contributed by atoms with Crippen LogP contribution in [0.4, 0.5) is 10.1 Å². The van der Waals surface area contributed by atoms with Gasteiger partial charge < -0.3 is 11.1 Å². The molecule has 0 saturated heterocycles. The minimum absolute atomic E-state index is 0. The second kappa shape index (κ2) is 7.76. The molecule has 0 aromatic heterocycles. The highest BCUT2D eigenvalue weighted by Crippen LogP contribution is 2.38. The maximum atomic E-state index is 13.3. The highest BCUT2D eigenvalue weighted by molar-refractivity contribution is 5.91. The van der Waals surface area contributed by atoms with Gasteiger partial charge in [0.1, 0.15) is 5.82 Å². The fourth-order valence-electron chi connectivity index (χ4n) is 3.11. The molecule has 1 saturated carbocycles. The van der Waals surface area contributed by atoms with Crippen LogP contribution in [0, 0.1) is 18.2 Å². The summed E-state index contributed by atoms with van der Waals surface area (Å²) in [6.07, 6.45) is 5.97. The Morgan fingerprint density at radius 2 is 1.95 bits per heavy atom. The maximum absolute atomic E-state index is 13.3. The number of nitrogens with two attached hydrogens (primary N) is 1. The van der Waals surface area contributed by atoms with Gasteiger partial charge in [-0.05, 0) is 55.5 Å². The Morgan fingerprint density at radius 1 is 1.29 bits per heavy atom. The Morgan fingerprint density at radius 3 is 2.52 bits per heavy atom. The average molecular weight is 315 g/mol. The summed E-state index contributed by atoms with van der Waals surface area (Å²) in [5.74, 6) is -0.395. The van der Waals surface area contributed by atoms with Crippen molar-refractivity contribution in [3.05, 3.63) is 29.6 Å². The summed E-state index contributed by atoms with van der Waals surface area (Å²) >= 11 is 0. The van der Waals surface area contributed by atoms with E-state index in [1.807, 2.05) is 0 Å². The molecule has 1 amide bonds. The zero-order valence-electron chi connectivity index (χ0n) is 12.5. The van der Waals surface area contributed by atoms with Crippen LogP contribution in [0.1, 0.15) is 44.1 Å². The summed E-state index contributed by atoms with van der Waals surface area (Å²) in [5.41, 5.74) is 7.14. The van der Waals surface area contributed by atoms with Gasteiger partial charge in [0.05, 0.1) is 0 Å². The number of carbonyl (C=O) groups excluding carboxylic acids is 1. The minimum atomic E-state index is -0.327. The van der Waals surface area contributed by atoms with Crippen molar-refractivity contribution in [2.75, 3.05) is 11.9 Å². The summed E-state index contributed by atoms with van der Waals surface area (Å²) in [7, 11) is 0. The lowest BCUT2D eigenvalue weighted by Gasteiger charge is -2.35. The molecule has 0 bridgehead atoms. The quantitative estimate of drug-likeness (QED) is 0.888. The SMILES string of the molecule is Cc1cc(F)cc(NC(=O)CC2(CN)CCCCC2)c1.Cl. The molecule has 3 nitrogen and oxygen atoms in total. The number of nitrogens with one attached hydrogen (secondary N) is 1. The lowest BCUT2D eigenvalue weighted by Crippen LogP contribution is -2.36. The molecule has 0 heterocycles. The van der Waals surface area contributed by atoms with Gasteiger partial charge in [0.15, 0.2) is 0 Å². The second-order valence-electron chi connectivity index (χ2n) is 6.01. The van der Waals surface area contributed by atoms with Gasteiger partial charge in [-0.3, -0.25) is 4.79 Å². The molecule has 0 aliphatic heterocycles. The topological polar surface area (TPSA) is 55.1 Å². The standard InChI is InChI=1S/C16H23FN2O.ClH/c1-12-7-13(17)9-14(8-12)19-15(20)10-16(11-18)5-3-2-4-6-16;/h7-9H,2-6,10-11,18H2,1H3,(H,19,20);1H. The van der Waals surface area contributed by atoms with Crippen LogP contribution in [-0.2, 0) is 4.79 Å². The second-order valence-corrected chi connectivity index (χ2v) is 6.01. The summed E-state index contributed by atoms with van der Waals surface area (Å²) in [6.45, 7) is 2.35. The number of amides is 1. The number of carbonyl (C=O) groups is 1. The summed E-state index contributed by atoms with van der Waals surface area (Å²) in [6, 6.07) is 4.57. The Balaban J connectivity index is 0.00000220. The van der Waals surface area contributed by atoms with E-state index in [1.54, 1.807) is 13.0 Å². The lowest BCUT2D eigenvalue weighted by atomic mass is 9.71. The average Bonchev–Trinajstić information content (AvgIpc) is 2.38. The molecule has 1 aromatic rings. The highest BCUT2D eigenvalue weighted by Gasteiger charge is 2.32. The van der Waals surface area contributed by atoms with E-state index in [-0.39, 0.29) is 29.5 Å². The monoisotopic (exact) mass is 314 g/mol. The van der Waals surface area contributed by atoms with Crippen molar-refractivity contribution in [2.24, 2.45) is 11.1 Å². The molecule has 21 heavy (non-hydrogen) atoms. The predicted molar refractivity (Wildman–Crippen MR) is 86.2 cm³/mol. The molecule has 1 fully saturated rings.